The van der Waals surface area contributed by atoms with E-state index in [0.717, 1.165) is 0 Å². The Kier molecular flexibility index (Phi) is 6.29. The maximum absolute atomic E-state index is 13.4. The van der Waals surface area contributed by atoms with Crippen LogP contribution in [0.3, 0.4) is 0 Å². The highest BCUT2D eigenvalue weighted by Crippen LogP contribution is 2.33. The zero-order valence-corrected chi connectivity index (χ0v) is 18.2. The number of piperazine rings is 1. The van der Waals surface area contributed by atoms with Crippen LogP contribution in [-0.4, -0.2) is 77.8 Å². The molecular formula is C20H25N5O6S. The van der Waals surface area contributed by atoms with Crippen molar-refractivity contribution in [1.29, 1.82) is 0 Å². The van der Waals surface area contributed by atoms with E-state index in [2.05, 4.69) is 5.10 Å². The van der Waals surface area contributed by atoms with Gasteiger partial charge in [0.1, 0.15) is 0 Å². The van der Waals surface area contributed by atoms with E-state index in [9.17, 15) is 18.0 Å². The van der Waals surface area contributed by atoms with Crippen LogP contribution in [0.1, 0.15) is 12.8 Å². The summed E-state index contributed by atoms with van der Waals surface area (Å²) in [5.41, 5.74) is 2.50. The molecule has 0 aliphatic carbocycles. The van der Waals surface area contributed by atoms with Gasteiger partial charge in [0.05, 0.1) is 17.6 Å². The van der Waals surface area contributed by atoms with Gasteiger partial charge in [-0.25, -0.2) is 13.9 Å². The third-order valence-electron chi connectivity index (χ3n) is 6.04. The number of aromatic nitrogens is 2. The largest absolute Gasteiger partial charge is 0.381 e. The molecule has 1 aromatic carbocycles. The molecule has 0 unspecified atom stereocenters. The number of ether oxygens (including phenoxy) is 1. The van der Waals surface area contributed by atoms with Crippen molar-refractivity contribution in [1.82, 2.24) is 19.6 Å². The molecule has 2 fully saturated rings. The van der Waals surface area contributed by atoms with Crippen molar-refractivity contribution in [2.75, 3.05) is 44.3 Å². The molecular weight excluding hydrogens is 438 g/mol. The standard InChI is InChI=1S/C20H25N5O6S/c26-18-14-17(15-21-25(18)16-4-2-1-3-5-16)23-8-10-24(11-9-23)32(29,30)20(19(27)22-28)6-12-31-13-7-20/h1-5,14-15,28H,6-13H2,(H,22,27). The van der Waals surface area contributed by atoms with Gasteiger partial charge in [-0.2, -0.15) is 14.1 Å². The number of sulfonamides is 1. The van der Waals surface area contributed by atoms with Gasteiger partial charge in [0.2, 0.25) is 10.0 Å². The highest BCUT2D eigenvalue weighted by Gasteiger charge is 2.54. The molecule has 0 atom stereocenters. The van der Waals surface area contributed by atoms with Crippen LogP contribution in [0.15, 0.2) is 47.4 Å². The molecule has 2 N–H and O–H groups in total. The summed E-state index contributed by atoms with van der Waals surface area (Å²) in [6.07, 6.45) is 1.53. The van der Waals surface area contributed by atoms with Crippen LogP contribution in [0.5, 0.6) is 0 Å². The number of nitrogens with one attached hydrogen (secondary N) is 1. The molecule has 0 spiro atoms. The van der Waals surface area contributed by atoms with Crippen LogP contribution in [-0.2, 0) is 19.6 Å². The van der Waals surface area contributed by atoms with Crippen molar-refractivity contribution < 1.29 is 23.2 Å². The molecule has 32 heavy (non-hydrogen) atoms. The van der Waals surface area contributed by atoms with E-state index in [0.29, 0.717) is 24.5 Å². The van der Waals surface area contributed by atoms with Crippen molar-refractivity contribution in [2.24, 2.45) is 0 Å². The van der Waals surface area contributed by atoms with Crippen molar-refractivity contribution in [3.8, 4) is 5.69 Å². The number of carbonyl (C=O) groups is 1. The maximum atomic E-state index is 13.4. The lowest BCUT2D eigenvalue weighted by Gasteiger charge is -2.41. The molecule has 0 saturated carbocycles. The molecule has 3 heterocycles. The quantitative estimate of drug-likeness (QED) is 0.458. The zero-order valence-electron chi connectivity index (χ0n) is 17.4. The third-order valence-corrected chi connectivity index (χ3v) is 8.67. The molecule has 2 aromatic rings. The number of amides is 1. The highest BCUT2D eigenvalue weighted by atomic mass is 32.2. The molecule has 2 saturated heterocycles. The van der Waals surface area contributed by atoms with Gasteiger partial charge in [0, 0.05) is 58.3 Å². The number of hydroxylamine groups is 1. The topological polar surface area (TPSA) is 134 Å². The zero-order chi connectivity index (χ0) is 22.8. The Morgan fingerprint density at radius 1 is 1.06 bits per heavy atom. The number of rotatable bonds is 5. The third kappa shape index (κ3) is 3.90. The van der Waals surface area contributed by atoms with Gasteiger partial charge < -0.3 is 9.64 Å². The monoisotopic (exact) mass is 463 g/mol. The molecule has 1 amide bonds. The number of carbonyl (C=O) groups excluding carboxylic acids is 1. The Hall–Kier alpha value is -2.80. The summed E-state index contributed by atoms with van der Waals surface area (Å²) in [5, 5.41) is 13.4. The van der Waals surface area contributed by atoms with Crippen molar-refractivity contribution in [3.05, 3.63) is 52.9 Å². The van der Waals surface area contributed by atoms with E-state index in [-0.39, 0.29) is 44.7 Å². The number of para-hydroxylation sites is 1. The lowest BCUT2D eigenvalue weighted by atomic mass is 9.98. The number of nitrogens with zero attached hydrogens (tertiary/aromatic N) is 4. The second-order valence-electron chi connectivity index (χ2n) is 7.74. The van der Waals surface area contributed by atoms with Crippen LogP contribution in [0.2, 0.25) is 0 Å². The van der Waals surface area contributed by atoms with Gasteiger partial charge in [0.15, 0.2) is 4.75 Å². The highest BCUT2D eigenvalue weighted by molar-refractivity contribution is 7.91. The Bertz CT molecular complexity index is 1120. The van der Waals surface area contributed by atoms with E-state index < -0.39 is 20.7 Å². The van der Waals surface area contributed by atoms with Gasteiger partial charge in [-0.3, -0.25) is 14.8 Å². The van der Waals surface area contributed by atoms with Gasteiger partial charge in [-0.05, 0) is 12.1 Å². The summed E-state index contributed by atoms with van der Waals surface area (Å²) in [6.45, 7) is 1.20. The fourth-order valence-corrected chi connectivity index (χ4v) is 6.27. The van der Waals surface area contributed by atoms with Crippen molar-refractivity contribution in [3.63, 3.8) is 0 Å². The smallest absolute Gasteiger partial charge is 0.273 e. The summed E-state index contributed by atoms with van der Waals surface area (Å²) in [5.74, 6) is -0.933. The van der Waals surface area contributed by atoms with E-state index in [1.54, 1.807) is 18.3 Å². The minimum absolute atomic E-state index is 0.0242. The Morgan fingerprint density at radius 3 is 2.31 bits per heavy atom. The van der Waals surface area contributed by atoms with E-state index in [4.69, 9.17) is 9.94 Å². The normalized spacial score (nSPS) is 19.5. The molecule has 12 heteroatoms. The average molecular weight is 464 g/mol. The van der Waals surface area contributed by atoms with E-state index in [1.165, 1.54) is 20.5 Å². The lowest BCUT2D eigenvalue weighted by molar-refractivity contribution is -0.134. The number of hydrogen-bond acceptors (Lipinski definition) is 8. The van der Waals surface area contributed by atoms with Crippen molar-refractivity contribution in [2.45, 2.75) is 17.6 Å². The van der Waals surface area contributed by atoms with Crippen LogP contribution >= 0.6 is 0 Å². The van der Waals surface area contributed by atoms with Crippen LogP contribution < -0.4 is 15.9 Å². The first-order valence-electron chi connectivity index (χ1n) is 10.3. The van der Waals surface area contributed by atoms with Crippen molar-refractivity contribution >= 4 is 21.6 Å². The summed E-state index contributed by atoms with van der Waals surface area (Å²) in [4.78, 5) is 26.8. The molecule has 2 aliphatic heterocycles. The van der Waals surface area contributed by atoms with Gasteiger partial charge in [-0.15, -0.1) is 0 Å². The lowest BCUT2D eigenvalue weighted by Crippen LogP contribution is -2.62. The van der Waals surface area contributed by atoms with Gasteiger partial charge in [0.25, 0.3) is 11.5 Å². The number of anilines is 1. The second-order valence-corrected chi connectivity index (χ2v) is 9.99. The summed E-state index contributed by atoms with van der Waals surface area (Å²) in [6, 6.07) is 10.5. The Morgan fingerprint density at radius 2 is 1.72 bits per heavy atom. The number of benzene rings is 1. The SMILES string of the molecule is O=C(NO)C1(S(=O)(=O)N2CCN(c3cnn(-c4ccccc4)c(=O)c3)CC2)CCOCC1. The minimum atomic E-state index is -4.04. The second kappa shape index (κ2) is 8.98. The molecule has 1 aromatic heterocycles. The first-order valence-corrected chi connectivity index (χ1v) is 11.7. The van der Waals surface area contributed by atoms with Gasteiger partial charge in [-0.1, -0.05) is 18.2 Å². The Labute approximate surface area is 185 Å². The predicted octanol–water partition coefficient (Wildman–Crippen LogP) is -0.261. The fourth-order valence-electron chi connectivity index (χ4n) is 4.17. The fraction of sp³-hybridized carbons (Fsp3) is 0.450. The summed E-state index contributed by atoms with van der Waals surface area (Å²) >= 11 is 0. The van der Waals surface area contributed by atoms with Gasteiger partial charge >= 0.3 is 0 Å². The first-order chi connectivity index (χ1) is 15.4. The maximum Gasteiger partial charge on any atom is 0.273 e. The summed E-state index contributed by atoms with van der Waals surface area (Å²) in [7, 11) is -4.04. The average Bonchev–Trinajstić information content (AvgIpc) is 2.84. The molecule has 4 rings (SSSR count). The predicted molar refractivity (Wildman–Crippen MR) is 115 cm³/mol. The van der Waals surface area contributed by atoms with Crippen LogP contribution in [0.25, 0.3) is 5.69 Å². The Balaban J connectivity index is 1.50. The molecule has 11 nitrogen and oxygen atoms in total. The molecule has 172 valence electrons. The van der Waals surface area contributed by atoms with E-state index >= 15 is 0 Å². The molecule has 0 bridgehead atoms. The molecule has 0 radical (unpaired) electrons. The van der Waals surface area contributed by atoms with Crippen LogP contribution in [0.4, 0.5) is 5.69 Å². The minimum Gasteiger partial charge on any atom is -0.381 e. The molecule has 2 aliphatic rings. The van der Waals surface area contributed by atoms with Crippen LogP contribution in [0, 0.1) is 0 Å². The first kappa shape index (κ1) is 22.4. The number of hydrogen-bond donors (Lipinski definition) is 2. The van der Waals surface area contributed by atoms with E-state index in [1.807, 2.05) is 23.1 Å². The summed E-state index contributed by atoms with van der Waals surface area (Å²) < 4.78 is 32.8.